The molecule has 266 valence electrons. The van der Waals surface area contributed by atoms with Crippen molar-refractivity contribution in [3.63, 3.8) is 0 Å². The third kappa shape index (κ3) is 35.1. The summed E-state index contributed by atoms with van der Waals surface area (Å²) in [6, 6.07) is 2.03. The van der Waals surface area contributed by atoms with Gasteiger partial charge in [0.25, 0.3) is 0 Å². The molecular formula is C32H60N8S4Zn3-8. The Bertz CT molecular complexity index is 603. The Morgan fingerprint density at radius 3 is 1.13 bits per heavy atom. The quantitative estimate of drug-likeness (QED) is 0.105. The van der Waals surface area contributed by atoms with Crippen molar-refractivity contribution in [2.45, 2.75) is 82.0 Å². The molecule has 47 heavy (non-hydrogen) atoms. The Morgan fingerprint density at radius 1 is 0.489 bits per heavy atom. The van der Waals surface area contributed by atoms with E-state index in [1.807, 2.05) is 18.4 Å². The summed E-state index contributed by atoms with van der Waals surface area (Å²) in [7, 11) is 0. The second kappa shape index (κ2) is 42.7. The number of allylic oxidation sites excluding steroid dienone is 2. The smallest absolute Gasteiger partial charge is 0 e. The van der Waals surface area contributed by atoms with Crippen LogP contribution in [0.4, 0.5) is 0 Å². The van der Waals surface area contributed by atoms with Crippen molar-refractivity contribution in [1.29, 1.82) is 0 Å². The van der Waals surface area contributed by atoms with Crippen LogP contribution in [0.25, 0.3) is 21.3 Å². The first kappa shape index (κ1) is 53.6. The zero-order chi connectivity index (χ0) is 31.8. The number of piperidine rings is 3. The average Bonchev–Trinajstić information content (AvgIpc) is 3.08. The van der Waals surface area contributed by atoms with Crippen LogP contribution < -0.4 is 21.3 Å². The van der Waals surface area contributed by atoms with Crippen molar-refractivity contribution in [2.24, 2.45) is 0 Å². The van der Waals surface area contributed by atoms with Crippen LogP contribution in [-0.2, 0) is 109 Å². The monoisotopic (exact) mass is 876 g/mol. The first-order valence-corrected chi connectivity index (χ1v) is 19.2. The first-order chi connectivity index (χ1) is 21.7. The maximum Gasteiger partial charge on any atom is 0 e. The number of nitrogens with one attached hydrogen (secondary N) is 4. The minimum absolute atomic E-state index is 0. The third-order valence-electron chi connectivity index (χ3n) is 7.41. The van der Waals surface area contributed by atoms with Gasteiger partial charge in [0.05, 0.1) is 0 Å². The van der Waals surface area contributed by atoms with Crippen LogP contribution >= 0.6 is 0 Å². The Kier molecular flexibility index (Phi) is 48.7. The van der Waals surface area contributed by atoms with Crippen molar-refractivity contribution < 1.29 is 58.4 Å². The summed E-state index contributed by atoms with van der Waals surface area (Å²) in [6.07, 6.45) is 19.6. The van der Waals surface area contributed by atoms with Crippen LogP contribution in [0, 0.1) is 0 Å². The molecule has 4 heterocycles. The fourth-order valence-corrected chi connectivity index (χ4v) is 5.57. The summed E-state index contributed by atoms with van der Waals surface area (Å²) >= 11 is 19.3. The Morgan fingerprint density at radius 2 is 0.851 bits per heavy atom. The Labute approximate surface area is 349 Å². The summed E-state index contributed by atoms with van der Waals surface area (Å²) in [4.78, 5) is 0. The first-order valence-electron chi connectivity index (χ1n) is 16.9. The van der Waals surface area contributed by atoms with E-state index in [4.69, 9.17) is 50.5 Å². The van der Waals surface area contributed by atoms with Gasteiger partial charge in [0.1, 0.15) is 0 Å². The summed E-state index contributed by atoms with van der Waals surface area (Å²) in [5, 5.41) is 30.9. The molecule has 4 atom stereocenters. The van der Waals surface area contributed by atoms with Gasteiger partial charge in [-0.1, -0.05) is 82.1 Å². The molecule has 0 aromatic carbocycles. The second-order valence-electron chi connectivity index (χ2n) is 11.2. The van der Waals surface area contributed by atoms with Gasteiger partial charge in [0.2, 0.25) is 0 Å². The van der Waals surface area contributed by atoms with Gasteiger partial charge in [-0.2, -0.15) is 29.2 Å². The van der Waals surface area contributed by atoms with Crippen LogP contribution in [0.2, 0.25) is 0 Å². The summed E-state index contributed by atoms with van der Waals surface area (Å²) in [5.41, 5.74) is 0. The van der Waals surface area contributed by atoms with Crippen molar-refractivity contribution in [1.82, 2.24) is 21.3 Å². The largest absolute Gasteiger partial charge is 0.791 e. The molecule has 4 N–H and O–H groups in total. The molecule has 0 amide bonds. The van der Waals surface area contributed by atoms with Gasteiger partial charge in [-0.25, -0.2) is 0 Å². The SMILES string of the molecule is [S-]CCNCC1C=CC=C[N-]1.[S-]CCNCC1CCCC[N-]1.[S-]CCNCC1CCCC[N-]1.[S-]CCNCC1CCCC[N-]1.[Zn].[Zn].[Zn]. The molecule has 3 fully saturated rings. The van der Waals surface area contributed by atoms with Crippen LogP contribution in [0.3, 0.4) is 0 Å². The predicted molar refractivity (Wildman–Crippen MR) is 203 cm³/mol. The van der Waals surface area contributed by atoms with E-state index in [0.29, 0.717) is 24.2 Å². The average molecular weight is 881 g/mol. The Hall–Kier alpha value is 2.27. The standard InChI is InChI=1S/3C8H17N2S.C8H13N2S.3Zn/c4*11-6-5-9-7-8-3-1-2-4-10-8;;;/h3*8-9,11H,1-7H2;1-4,8-9,11H,5-7H2;;;/q4*-1;;;/p-4. The zero-order valence-corrected chi connectivity index (χ0v) is 41.3. The predicted octanol–water partition coefficient (Wildman–Crippen LogP) is 4.09. The number of hydrogen-bond acceptors (Lipinski definition) is 8. The maximum atomic E-state index is 4.83. The normalized spacial score (nSPS) is 22.9. The molecule has 0 saturated carbocycles. The molecule has 0 aromatic heterocycles. The minimum Gasteiger partial charge on any atom is -0.791 e. The Balaban J connectivity index is -0.000000538. The van der Waals surface area contributed by atoms with Gasteiger partial charge < -0.3 is 93.0 Å². The van der Waals surface area contributed by atoms with E-state index in [2.05, 4.69) is 48.6 Å². The molecule has 4 unspecified atom stereocenters. The van der Waals surface area contributed by atoms with E-state index in [1.165, 1.54) is 57.8 Å². The third-order valence-corrected chi connectivity index (χ3v) is 8.23. The second-order valence-corrected chi connectivity index (χ2v) is 12.9. The van der Waals surface area contributed by atoms with Gasteiger partial charge in [-0.3, -0.25) is 0 Å². The zero-order valence-electron chi connectivity index (χ0n) is 29.1. The van der Waals surface area contributed by atoms with Gasteiger partial charge in [-0.15, -0.1) is 37.8 Å². The van der Waals surface area contributed by atoms with E-state index in [0.717, 1.165) is 95.0 Å². The fraction of sp³-hybridized carbons (Fsp3) is 0.875. The van der Waals surface area contributed by atoms with Gasteiger partial charge >= 0.3 is 0 Å². The summed E-state index contributed by atoms with van der Waals surface area (Å²) < 4.78 is 0. The molecule has 4 aliphatic heterocycles. The summed E-state index contributed by atoms with van der Waals surface area (Å²) in [6.45, 7) is 11.0. The van der Waals surface area contributed by atoms with Crippen LogP contribution in [0.1, 0.15) is 57.8 Å². The van der Waals surface area contributed by atoms with Crippen LogP contribution in [0.15, 0.2) is 24.4 Å². The van der Waals surface area contributed by atoms with E-state index in [9.17, 15) is 0 Å². The van der Waals surface area contributed by atoms with E-state index < -0.39 is 0 Å². The molecule has 15 heteroatoms. The number of hydrogen-bond donors (Lipinski definition) is 4. The van der Waals surface area contributed by atoms with Crippen LogP contribution in [0.5, 0.6) is 0 Å². The molecule has 8 nitrogen and oxygen atoms in total. The number of rotatable bonds is 16. The fourth-order valence-electron chi connectivity index (χ4n) is 4.99. The van der Waals surface area contributed by atoms with E-state index in [1.54, 1.807) is 0 Å². The van der Waals surface area contributed by atoms with E-state index >= 15 is 0 Å². The number of nitrogens with zero attached hydrogens (tertiary/aromatic N) is 4. The molecule has 3 saturated heterocycles. The topological polar surface area (TPSA) is 105 Å². The van der Waals surface area contributed by atoms with Gasteiger partial charge in [0, 0.05) is 58.4 Å². The van der Waals surface area contributed by atoms with Gasteiger partial charge in [-0.05, 0) is 52.4 Å². The van der Waals surface area contributed by atoms with E-state index in [-0.39, 0.29) is 58.4 Å². The minimum atomic E-state index is 0. The van der Waals surface area contributed by atoms with Crippen molar-refractivity contribution in [3.05, 3.63) is 45.7 Å². The molecule has 0 aromatic rings. The van der Waals surface area contributed by atoms with Crippen LogP contribution in [-0.4, -0.2) is 119 Å². The molecule has 4 aliphatic rings. The maximum absolute atomic E-state index is 4.83. The molecule has 0 aliphatic carbocycles. The van der Waals surface area contributed by atoms with Crippen molar-refractivity contribution in [2.75, 3.05) is 95.0 Å². The molecule has 0 radical (unpaired) electrons. The van der Waals surface area contributed by atoms with Crippen molar-refractivity contribution >= 4 is 50.5 Å². The molecule has 0 spiro atoms. The molecule has 0 bridgehead atoms. The molecular weight excluding hydrogens is 821 g/mol. The van der Waals surface area contributed by atoms with Gasteiger partial charge in [0.15, 0.2) is 0 Å². The summed E-state index contributed by atoms with van der Waals surface area (Å²) in [5.74, 6) is 3.21. The van der Waals surface area contributed by atoms with Crippen molar-refractivity contribution in [3.8, 4) is 0 Å². The molecule has 4 rings (SSSR count).